The Morgan fingerprint density at radius 3 is 2.31 bits per heavy atom. The average molecular weight is 177 g/mol. The summed E-state index contributed by atoms with van der Waals surface area (Å²) in [6.45, 7) is 0. The number of phenolic OH excluding ortho intramolecular Hbond substituents is 1. The second-order valence-corrected chi connectivity index (χ2v) is 3.81. The van der Waals surface area contributed by atoms with Gasteiger partial charge in [0, 0.05) is 6.04 Å². The highest BCUT2D eigenvalue weighted by atomic mass is 16.3. The van der Waals surface area contributed by atoms with Crippen LogP contribution < -0.4 is 5.73 Å². The highest BCUT2D eigenvalue weighted by Gasteiger charge is 2.25. The minimum atomic E-state index is 0.161. The molecule has 3 N–H and O–H groups in total. The largest absolute Gasteiger partial charge is 0.508 e. The van der Waals surface area contributed by atoms with Crippen LogP contribution in [0.1, 0.15) is 30.9 Å². The fourth-order valence-electron chi connectivity index (χ4n) is 1.77. The zero-order valence-corrected chi connectivity index (χ0v) is 7.61. The van der Waals surface area contributed by atoms with Crippen LogP contribution in [0.3, 0.4) is 0 Å². The smallest absolute Gasteiger partial charge is 0.115 e. The van der Waals surface area contributed by atoms with E-state index in [0.717, 1.165) is 5.56 Å². The van der Waals surface area contributed by atoms with Crippen LogP contribution >= 0.6 is 0 Å². The van der Waals surface area contributed by atoms with Crippen molar-refractivity contribution < 1.29 is 5.11 Å². The molecule has 13 heavy (non-hydrogen) atoms. The summed E-state index contributed by atoms with van der Waals surface area (Å²) in [4.78, 5) is 0. The summed E-state index contributed by atoms with van der Waals surface area (Å²) in [5.41, 5.74) is 7.21. The molecule has 1 atom stereocenters. The molecule has 1 aromatic rings. The summed E-state index contributed by atoms with van der Waals surface area (Å²) in [6.07, 6.45) is 3.82. The van der Waals surface area contributed by atoms with Crippen molar-refractivity contribution >= 4 is 0 Å². The van der Waals surface area contributed by atoms with E-state index in [0.29, 0.717) is 11.7 Å². The van der Waals surface area contributed by atoms with Crippen LogP contribution in [0.2, 0.25) is 0 Å². The maximum absolute atomic E-state index is 9.11. The third kappa shape index (κ3) is 1.68. The lowest BCUT2D eigenvalue weighted by Gasteiger charge is -2.31. The molecule has 0 aromatic heterocycles. The fraction of sp³-hybridized carbons (Fsp3) is 0.455. The number of nitrogens with two attached hydrogens (primary N) is 1. The van der Waals surface area contributed by atoms with Gasteiger partial charge < -0.3 is 10.8 Å². The van der Waals surface area contributed by atoms with E-state index in [1.165, 1.54) is 19.3 Å². The first-order chi connectivity index (χ1) is 6.27. The van der Waals surface area contributed by atoms with E-state index >= 15 is 0 Å². The summed E-state index contributed by atoms with van der Waals surface area (Å²) in [5.74, 6) is 0.967. The Bertz CT molecular complexity index is 277. The molecule has 0 heterocycles. The molecule has 1 aliphatic rings. The maximum Gasteiger partial charge on any atom is 0.115 e. The highest BCUT2D eigenvalue weighted by molar-refractivity contribution is 5.28. The van der Waals surface area contributed by atoms with Gasteiger partial charge in [0.25, 0.3) is 0 Å². The standard InChI is InChI=1S/C11H15NO/c12-11(8-2-1-3-8)9-4-6-10(13)7-5-9/h4-8,11,13H,1-3,12H2/t11-/m0/s1. The van der Waals surface area contributed by atoms with Gasteiger partial charge in [-0.05, 0) is 36.5 Å². The third-order valence-corrected chi connectivity index (χ3v) is 2.94. The summed E-state index contributed by atoms with van der Waals surface area (Å²) in [7, 11) is 0. The van der Waals surface area contributed by atoms with Gasteiger partial charge in [-0.1, -0.05) is 18.6 Å². The number of aromatic hydroxyl groups is 1. The molecule has 0 bridgehead atoms. The van der Waals surface area contributed by atoms with Crippen LogP contribution in [0, 0.1) is 5.92 Å². The Balaban J connectivity index is 2.10. The lowest BCUT2D eigenvalue weighted by Crippen LogP contribution is -2.26. The molecule has 2 rings (SSSR count). The lowest BCUT2D eigenvalue weighted by atomic mass is 9.78. The summed E-state index contributed by atoms with van der Waals surface area (Å²) in [6, 6.07) is 7.40. The Labute approximate surface area is 78.4 Å². The normalized spacial score (nSPS) is 19.5. The molecule has 0 aliphatic heterocycles. The van der Waals surface area contributed by atoms with Gasteiger partial charge in [0.05, 0.1) is 0 Å². The van der Waals surface area contributed by atoms with Crippen LogP contribution in [-0.2, 0) is 0 Å². The van der Waals surface area contributed by atoms with Crippen molar-refractivity contribution in [2.75, 3.05) is 0 Å². The first kappa shape index (κ1) is 8.57. The van der Waals surface area contributed by atoms with E-state index in [4.69, 9.17) is 10.8 Å². The van der Waals surface area contributed by atoms with Crippen molar-refractivity contribution in [2.45, 2.75) is 25.3 Å². The molecule has 70 valence electrons. The molecular weight excluding hydrogens is 162 g/mol. The van der Waals surface area contributed by atoms with E-state index in [2.05, 4.69) is 0 Å². The van der Waals surface area contributed by atoms with Crippen molar-refractivity contribution in [3.8, 4) is 5.75 Å². The number of hydrogen-bond acceptors (Lipinski definition) is 2. The van der Waals surface area contributed by atoms with Gasteiger partial charge >= 0.3 is 0 Å². The predicted octanol–water partition coefficient (Wildman–Crippen LogP) is 2.19. The first-order valence-electron chi connectivity index (χ1n) is 4.82. The Hall–Kier alpha value is -1.02. The summed E-state index contributed by atoms with van der Waals surface area (Å²) >= 11 is 0. The molecule has 0 radical (unpaired) electrons. The first-order valence-corrected chi connectivity index (χ1v) is 4.82. The van der Waals surface area contributed by atoms with Gasteiger partial charge in [-0.15, -0.1) is 0 Å². The van der Waals surface area contributed by atoms with Gasteiger partial charge in [-0.25, -0.2) is 0 Å². The molecular formula is C11H15NO. The predicted molar refractivity (Wildman–Crippen MR) is 52.4 cm³/mol. The highest BCUT2D eigenvalue weighted by Crippen LogP contribution is 2.36. The molecule has 2 heteroatoms. The molecule has 1 aromatic carbocycles. The molecule has 0 saturated heterocycles. The summed E-state index contributed by atoms with van der Waals surface area (Å²) < 4.78 is 0. The topological polar surface area (TPSA) is 46.2 Å². The van der Waals surface area contributed by atoms with Crippen LogP contribution in [-0.4, -0.2) is 5.11 Å². The molecule has 1 saturated carbocycles. The van der Waals surface area contributed by atoms with Crippen LogP contribution in [0.4, 0.5) is 0 Å². The van der Waals surface area contributed by atoms with E-state index in [1.807, 2.05) is 12.1 Å². The quantitative estimate of drug-likeness (QED) is 0.727. The van der Waals surface area contributed by atoms with E-state index < -0.39 is 0 Å². The maximum atomic E-state index is 9.11. The average Bonchev–Trinajstić information content (AvgIpc) is 2.02. The molecule has 0 amide bonds. The minimum absolute atomic E-state index is 0.161. The van der Waals surface area contributed by atoms with Crippen molar-refractivity contribution in [2.24, 2.45) is 11.7 Å². The van der Waals surface area contributed by atoms with Crippen LogP contribution in [0.15, 0.2) is 24.3 Å². The van der Waals surface area contributed by atoms with Gasteiger partial charge in [0.2, 0.25) is 0 Å². The second kappa shape index (κ2) is 3.38. The number of benzene rings is 1. The zero-order valence-electron chi connectivity index (χ0n) is 7.61. The lowest BCUT2D eigenvalue weighted by molar-refractivity contribution is 0.264. The van der Waals surface area contributed by atoms with Crippen LogP contribution in [0.25, 0.3) is 0 Å². The van der Waals surface area contributed by atoms with Crippen molar-refractivity contribution in [1.82, 2.24) is 0 Å². The Morgan fingerprint density at radius 1 is 1.23 bits per heavy atom. The van der Waals surface area contributed by atoms with Gasteiger partial charge in [-0.3, -0.25) is 0 Å². The Kier molecular flexibility index (Phi) is 2.23. The monoisotopic (exact) mass is 177 g/mol. The van der Waals surface area contributed by atoms with E-state index in [1.54, 1.807) is 12.1 Å². The number of rotatable bonds is 2. The van der Waals surface area contributed by atoms with Gasteiger partial charge in [0.1, 0.15) is 5.75 Å². The van der Waals surface area contributed by atoms with Gasteiger partial charge in [-0.2, -0.15) is 0 Å². The minimum Gasteiger partial charge on any atom is -0.508 e. The Morgan fingerprint density at radius 2 is 1.85 bits per heavy atom. The fourth-order valence-corrected chi connectivity index (χ4v) is 1.77. The van der Waals surface area contributed by atoms with Crippen molar-refractivity contribution in [1.29, 1.82) is 0 Å². The molecule has 0 spiro atoms. The number of phenols is 1. The van der Waals surface area contributed by atoms with E-state index in [9.17, 15) is 0 Å². The summed E-state index contributed by atoms with van der Waals surface area (Å²) in [5, 5.41) is 9.11. The van der Waals surface area contributed by atoms with Crippen molar-refractivity contribution in [3.05, 3.63) is 29.8 Å². The molecule has 0 unspecified atom stereocenters. The molecule has 2 nitrogen and oxygen atoms in total. The molecule has 1 aliphatic carbocycles. The van der Waals surface area contributed by atoms with Gasteiger partial charge in [0.15, 0.2) is 0 Å². The second-order valence-electron chi connectivity index (χ2n) is 3.81. The number of hydrogen-bond donors (Lipinski definition) is 2. The van der Waals surface area contributed by atoms with Crippen LogP contribution in [0.5, 0.6) is 5.75 Å². The zero-order chi connectivity index (χ0) is 9.26. The SMILES string of the molecule is N[C@H](c1ccc(O)cc1)C1CCC1. The van der Waals surface area contributed by atoms with E-state index in [-0.39, 0.29) is 6.04 Å². The third-order valence-electron chi connectivity index (χ3n) is 2.94. The van der Waals surface area contributed by atoms with Crippen molar-refractivity contribution in [3.63, 3.8) is 0 Å². The molecule has 1 fully saturated rings.